The van der Waals surface area contributed by atoms with Crippen LogP contribution in [0.2, 0.25) is 0 Å². The lowest BCUT2D eigenvalue weighted by Crippen LogP contribution is -2.30. The number of benzene rings is 1. The summed E-state index contributed by atoms with van der Waals surface area (Å²) in [5.41, 5.74) is 1.26. The number of aliphatic carboxylic acids is 1. The predicted octanol–water partition coefficient (Wildman–Crippen LogP) is 3.53. The molecule has 0 bridgehead atoms. The fourth-order valence-corrected chi connectivity index (χ4v) is 1.71. The van der Waals surface area contributed by atoms with Crippen LogP contribution in [0.25, 0.3) is 4.85 Å². The molecule has 1 N–H and O–H groups in total. The lowest BCUT2D eigenvalue weighted by molar-refractivity contribution is -0.145. The summed E-state index contributed by atoms with van der Waals surface area (Å²) in [4.78, 5) is 14.5. The molecule has 1 aromatic rings. The number of carbonyl (C=O) groups is 1. The van der Waals surface area contributed by atoms with Crippen LogP contribution in [0, 0.1) is 17.9 Å². The Balaban J connectivity index is 2.88. The Morgan fingerprint density at radius 3 is 2.24 bits per heavy atom. The molecule has 1 rings (SSSR count). The molecule has 0 aromatic heterocycles. The second kappa shape index (κ2) is 5.01. The highest BCUT2D eigenvalue weighted by Gasteiger charge is 2.30. The Morgan fingerprint density at radius 2 is 1.88 bits per heavy atom. The first-order valence-electron chi connectivity index (χ1n) is 5.54. The SMILES string of the molecule is [C-]#[N+]c1ccc(C[C@H](C(=O)O)C(C)(C)C)cc1. The summed E-state index contributed by atoms with van der Waals surface area (Å²) in [5, 5.41) is 9.22. The van der Waals surface area contributed by atoms with Crippen molar-refractivity contribution < 1.29 is 9.90 Å². The average molecular weight is 231 g/mol. The van der Waals surface area contributed by atoms with E-state index in [1.54, 1.807) is 12.1 Å². The van der Waals surface area contributed by atoms with Crippen LogP contribution in [0.1, 0.15) is 26.3 Å². The number of nitrogens with zero attached hydrogens (tertiary/aromatic N) is 1. The van der Waals surface area contributed by atoms with Crippen molar-refractivity contribution >= 4 is 11.7 Å². The van der Waals surface area contributed by atoms with E-state index in [2.05, 4.69) is 4.85 Å². The third kappa shape index (κ3) is 3.60. The van der Waals surface area contributed by atoms with Gasteiger partial charge in [0.15, 0.2) is 5.69 Å². The van der Waals surface area contributed by atoms with Crippen LogP contribution >= 0.6 is 0 Å². The largest absolute Gasteiger partial charge is 0.481 e. The molecule has 90 valence electrons. The van der Waals surface area contributed by atoms with E-state index < -0.39 is 11.9 Å². The number of hydrogen-bond donors (Lipinski definition) is 1. The smallest absolute Gasteiger partial charge is 0.307 e. The van der Waals surface area contributed by atoms with E-state index in [1.807, 2.05) is 32.9 Å². The molecule has 0 saturated carbocycles. The second-order valence-electron chi connectivity index (χ2n) is 5.24. The van der Waals surface area contributed by atoms with Crippen molar-refractivity contribution in [2.75, 3.05) is 0 Å². The zero-order valence-corrected chi connectivity index (χ0v) is 10.4. The standard InChI is InChI=1S/C14H17NO2/c1-14(2,3)12(13(16)17)9-10-5-7-11(15-4)8-6-10/h5-8,12H,9H2,1-3H3,(H,16,17)/t12-/m1/s1. The van der Waals surface area contributed by atoms with E-state index in [1.165, 1.54) is 0 Å². The highest BCUT2D eigenvalue weighted by atomic mass is 16.4. The Labute approximate surface area is 102 Å². The van der Waals surface area contributed by atoms with Gasteiger partial charge in [-0.05, 0) is 17.4 Å². The van der Waals surface area contributed by atoms with Gasteiger partial charge in [-0.3, -0.25) is 4.79 Å². The number of carboxylic acids is 1. The highest BCUT2D eigenvalue weighted by Crippen LogP contribution is 2.29. The first-order valence-corrected chi connectivity index (χ1v) is 5.54. The van der Waals surface area contributed by atoms with Crippen LogP contribution in [0.4, 0.5) is 5.69 Å². The van der Waals surface area contributed by atoms with Crippen LogP contribution in [-0.2, 0) is 11.2 Å². The molecule has 0 unspecified atom stereocenters. The maximum atomic E-state index is 11.2. The van der Waals surface area contributed by atoms with Crippen molar-refractivity contribution in [3.05, 3.63) is 41.2 Å². The van der Waals surface area contributed by atoms with Crippen LogP contribution in [0.3, 0.4) is 0 Å². The Kier molecular flexibility index (Phi) is 3.90. The minimum absolute atomic E-state index is 0.274. The zero-order chi connectivity index (χ0) is 13.1. The van der Waals surface area contributed by atoms with Gasteiger partial charge in [0.25, 0.3) is 0 Å². The number of carboxylic acid groups (broad SMARTS) is 1. The van der Waals surface area contributed by atoms with E-state index in [9.17, 15) is 9.90 Å². The van der Waals surface area contributed by atoms with E-state index >= 15 is 0 Å². The van der Waals surface area contributed by atoms with Crippen molar-refractivity contribution in [1.29, 1.82) is 0 Å². The maximum absolute atomic E-state index is 11.2. The Morgan fingerprint density at radius 1 is 1.35 bits per heavy atom. The van der Waals surface area contributed by atoms with Gasteiger partial charge in [0.2, 0.25) is 0 Å². The van der Waals surface area contributed by atoms with Crippen molar-refractivity contribution in [1.82, 2.24) is 0 Å². The molecule has 0 radical (unpaired) electrons. The van der Waals surface area contributed by atoms with Gasteiger partial charge in [0, 0.05) is 0 Å². The monoisotopic (exact) mass is 231 g/mol. The first-order chi connectivity index (χ1) is 7.84. The van der Waals surface area contributed by atoms with Gasteiger partial charge in [-0.2, -0.15) is 0 Å². The summed E-state index contributed by atoms with van der Waals surface area (Å²) >= 11 is 0. The molecule has 1 aromatic carbocycles. The van der Waals surface area contributed by atoms with Gasteiger partial charge in [0.1, 0.15) is 0 Å². The van der Waals surface area contributed by atoms with Crippen LogP contribution in [0.5, 0.6) is 0 Å². The normalized spacial score (nSPS) is 12.8. The molecule has 0 heterocycles. The molecule has 0 amide bonds. The second-order valence-corrected chi connectivity index (χ2v) is 5.24. The van der Waals surface area contributed by atoms with Crippen molar-refractivity contribution in [3.63, 3.8) is 0 Å². The fraction of sp³-hybridized carbons (Fsp3) is 0.429. The minimum atomic E-state index is -0.772. The number of rotatable bonds is 3. The third-order valence-corrected chi connectivity index (χ3v) is 2.85. The highest BCUT2D eigenvalue weighted by molar-refractivity contribution is 5.71. The molecule has 0 saturated heterocycles. The van der Waals surface area contributed by atoms with Gasteiger partial charge in [-0.25, -0.2) is 4.85 Å². The van der Waals surface area contributed by atoms with Crippen molar-refractivity contribution in [2.24, 2.45) is 11.3 Å². The van der Waals surface area contributed by atoms with E-state index in [-0.39, 0.29) is 5.41 Å². The van der Waals surface area contributed by atoms with Gasteiger partial charge in [-0.1, -0.05) is 45.0 Å². The lowest BCUT2D eigenvalue weighted by atomic mass is 9.77. The summed E-state index contributed by atoms with van der Waals surface area (Å²) in [5.74, 6) is -1.19. The molecule has 17 heavy (non-hydrogen) atoms. The molecular formula is C14H17NO2. The molecule has 3 nitrogen and oxygen atoms in total. The maximum Gasteiger partial charge on any atom is 0.307 e. The third-order valence-electron chi connectivity index (χ3n) is 2.85. The van der Waals surface area contributed by atoms with Gasteiger partial charge in [0.05, 0.1) is 12.5 Å². The van der Waals surface area contributed by atoms with E-state index in [4.69, 9.17) is 6.57 Å². The molecule has 1 atom stereocenters. The lowest BCUT2D eigenvalue weighted by Gasteiger charge is -2.27. The molecule has 3 heteroatoms. The summed E-state index contributed by atoms with van der Waals surface area (Å²) in [6.45, 7) is 12.6. The minimum Gasteiger partial charge on any atom is -0.481 e. The van der Waals surface area contributed by atoms with E-state index in [0.717, 1.165) is 5.56 Å². The Bertz CT molecular complexity index is 435. The van der Waals surface area contributed by atoms with Crippen LogP contribution in [0.15, 0.2) is 24.3 Å². The average Bonchev–Trinajstić information content (AvgIpc) is 2.24. The molecular weight excluding hydrogens is 214 g/mol. The Hall–Kier alpha value is -1.82. The zero-order valence-electron chi connectivity index (χ0n) is 10.4. The van der Waals surface area contributed by atoms with Crippen molar-refractivity contribution in [3.8, 4) is 0 Å². The molecule has 0 aliphatic rings. The summed E-state index contributed by atoms with van der Waals surface area (Å²) in [6.07, 6.45) is 0.497. The number of hydrogen-bond acceptors (Lipinski definition) is 1. The molecule has 0 spiro atoms. The van der Waals surface area contributed by atoms with Crippen LogP contribution < -0.4 is 0 Å². The first kappa shape index (κ1) is 13.2. The van der Waals surface area contributed by atoms with Crippen LogP contribution in [-0.4, -0.2) is 11.1 Å². The molecule has 0 fully saturated rings. The van der Waals surface area contributed by atoms with Gasteiger partial charge in [-0.15, -0.1) is 0 Å². The van der Waals surface area contributed by atoms with Gasteiger partial charge >= 0.3 is 5.97 Å². The molecule has 0 aliphatic carbocycles. The quantitative estimate of drug-likeness (QED) is 0.808. The fourth-order valence-electron chi connectivity index (χ4n) is 1.71. The van der Waals surface area contributed by atoms with Crippen molar-refractivity contribution in [2.45, 2.75) is 27.2 Å². The van der Waals surface area contributed by atoms with Gasteiger partial charge < -0.3 is 5.11 Å². The summed E-state index contributed by atoms with van der Waals surface area (Å²) < 4.78 is 0. The molecule has 0 aliphatic heterocycles. The summed E-state index contributed by atoms with van der Waals surface area (Å²) in [7, 11) is 0. The summed E-state index contributed by atoms with van der Waals surface area (Å²) in [6, 6.07) is 7.11. The predicted molar refractivity (Wildman–Crippen MR) is 67.0 cm³/mol. The topological polar surface area (TPSA) is 41.7 Å². The van der Waals surface area contributed by atoms with E-state index in [0.29, 0.717) is 12.1 Å².